The lowest BCUT2D eigenvalue weighted by molar-refractivity contribution is 0.192. The van der Waals surface area contributed by atoms with Gasteiger partial charge in [-0.1, -0.05) is 0 Å². The highest BCUT2D eigenvalue weighted by Gasteiger charge is 2.19. The number of aliphatic hydroxyl groups excluding tert-OH is 1. The molecule has 0 fully saturated rings. The number of hydrogen-bond acceptors (Lipinski definition) is 3. The van der Waals surface area contributed by atoms with Gasteiger partial charge in [-0.15, -0.1) is 0 Å². The third-order valence-electron chi connectivity index (χ3n) is 1.83. The van der Waals surface area contributed by atoms with Crippen molar-refractivity contribution >= 4 is 15.9 Å². The monoisotopic (exact) mass is 264 g/mol. The van der Waals surface area contributed by atoms with E-state index >= 15 is 0 Å². The second kappa shape index (κ2) is 4.14. The van der Waals surface area contributed by atoms with Crippen LogP contribution in [0.5, 0.6) is 11.5 Å². The largest absolute Gasteiger partial charge is 0.504 e. The van der Waals surface area contributed by atoms with Gasteiger partial charge in [0.25, 0.3) is 0 Å². The van der Waals surface area contributed by atoms with Crippen molar-refractivity contribution < 1.29 is 19.3 Å². The third-order valence-corrected chi connectivity index (χ3v) is 2.64. The highest BCUT2D eigenvalue weighted by atomic mass is 79.9. The van der Waals surface area contributed by atoms with Gasteiger partial charge >= 0.3 is 0 Å². The summed E-state index contributed by atoms with van der Waals surface area (Å²) in [6.07, 6.45) is -0.978. The molecule has 0 bridgehead atoms. The summed E-state index contributed by atoms with van der Waals surface area (Å²) in [7, 11) is 1.31. The lowest BCUT2D eigenvalue weighted by atomic mass is 10.1. The summed E-state index contributed by atoms with van der Waals surface area (Å²) in [4.78, 5) is 0. The van der Waals surface area contributed by atoms with Gasteiger partial charge in [0.05, 0.1) is 17.7 Å². The topological polar surface area (TPSA) is 49.7 Å². The molecule has 14 heavy (non-hydrogen) atoms. The Bertz CT molecular complexity index is 352. The molecular weight excluding hydrogens is 255 g/mol. The fourth-order valence-corrected chi connectivity index (χ4v) is 1.78. The summed E-state index contributed by atoms with van der Waals surface area (Å²) in [5.41, 5.74) is 0.0850. The van der Waals surface area contributed by atoms with Crippen LogP contribution in [0.2, 0.25) is 0 Å². The molecule has 1 aromatic carbocycles. The van der Waals surface area contributed by atoms with E-state index in [1.54, 1.807) is 0 Å². The van der Waals surface area contributed by atoms with Crippen LogP contribution in [0.25, 0.3) is 0 Å². The molecule has 0 heterocycles. The Labute approximate surface area is 89.3 Å². The summed E-state index contributed by atoms with van der Waals surface area (Å²) in [6, 6.07) is 1.05. The predicted octanol–water partition coefficient (Wildman–Crippen LogP) is 2.36. The first-order valence-corrected chi connectivity index (χ1v) is 4.71. The first-order valence-electron chi connectivity index (χ1n) is 3.92. The smallest absolute Gasteiger partial charge is 0.164 e. The minimum Gasteiger partial charge on any atom is -0.504 e. The van der Waals surface area contributed by atoms with Crippen molar-refractivity contribution in [2.75, 3.05) is 7.11 Å². The molecule has 0 amide bonds. The second-order valence-corrected chi connectivity index (χ2v) is 3.61. The Morgan fingerprint density at radius 2 is 2.14 bits per heavy atom. The summed E-state index contributed by atoms with van der Waals surface area (Å²) in [6.45, 7) is 1.43. The van der Waals surface area contributed by atoms with Crippen LogP contribution >= 0.6 is 15.9 Å². The van der Waals surface area contributed by atoms with Crippen LogP contribution in [-0.2, 0) is 0 Å². The van der Waals surface area contributed by atoms with Gasteiger partial charge in [0.1, 0.15) is 5.82 Å². The number of hydrogen-bond donors (Lipinski definition) is 2. The van der Waals surface area contributed by atoms with Crippen LogP contribution in [0.1, 0.15) is 18.6 Å². The van der Waals surface area contributed by atoms with Gasteiger partial charge in [-0.25, -0.2) is 4.39 Å². The quantitative estimate of drug-likeness (QED) is 0.862. The zero-order chi connectivity index (χ0) is 10.9. The van der Waals surface area contributed by atoms with Crippen molar-refractivity contribution in [2.24, 2.45) is 0 Å². The summed E-state index contributed by atoms with van der Waals surface area (Å²) in [5, 5.41) is 18.9. The first kappa shape index (κ1) is 11.3. The Morgan fingerprint density at radius 1 is 1.57 bits per heavy atom. The molecule has 1 rings (SSSR count). The normalized spacial score (nSPS) is 12.6. The van der Waals surface area contributed by atoms with Crippen molar-refractivity contribution in [3.63, 3.8) is 0 Å². The summed E-state index contributed by atoms with van der Waals surface area (Å²) >= 11 is 2.94. The molecule has 0 aliphatic heterocycles. The fourth-order valence-electron chi connectivity index (χ4n) is 1.15. The van der Waals surface area contributed by atoms with E-state index in [1.165, 1.54) is 14.0 Å². The SMILES string of the molecule is COc1cc(F)c(Br)c(C(C)O)c1O. The third kappa shape index (κ3) is 1.83. The summed E-state index contributed by atoms with van der Waals surface area (Å²) < 4.78 is 18.0. The first-order chi connectivity index (χ1) is 6.49. The van der Waals surface area contributed by atoms with Crippen molar-refractivity contribution in [2.45, 2.75) is 13.0 Å². The number of phenols is 1. The zero-order valence-electron chi connectivity index (χ0n) is 7.71. The van der Waals surface area contributed by atoms with Crippen LogP contribution in [0.15, 0.2) is 10.5 Å². The van der Waals surface area contributed by atoms with E-state index in [4.69, 9.17) is 4.74 Å². The Balaban J connectivity index is 3.45. The minimum absolute atomic E-state index is 0.00148. The maximum absolute atomic E-state index is 13.2. The van der Waals surface area contributed by atoms with E-state index in [0.717, 1.165) is 6.07 Å². The molecule has 0 aromatic heterocycles. The molecule has 0 saturated carbocycles. The number of methoxy groups -OCH3 is 1. The van der Waals surface area contributed by atoms with Gasteiger partial charge in [-0.3, -0.25) is 0 Å². The Morgan fingerprint density at radius 3 is 2.57 bits per heavy atom. The van der Waals surface area contributed by atoms with Gasteiger partial charge in [0.15, 0.2) is 11.5 Å². The Kier molecular flexibility index (Phi) is 3.34. The maximum Gasteiger partial charge on any atom is 0.164 e. The van der Waals surface area contributed by atoms with Crippen molar-refractivity contribution in [3.8, 4) is 11.5 Å². The van der Waals surface area contributed by atoms with E-state index in [9.17, 15) is 14.6 Å². The molecule has 3 nitrogen and oxygen atoms in total. The molecule has 0 saturated heterocycles. The number of aliphatic hydroxyl groups is 1. The van der Waals surface area contributed by atoms with Crippen molar-refractivity contribution in [3.05, 3.63) is 21.9 Å². The highest BCUT2D eigenvalue weighted by Crippen LogP contribution is 2.40. The molecule has 0 aliphatic carbocycles. The van der Waals surface area contributed by atoms with E-state index in [-0.39, 0.29) is 21.5 Å². The number of halogens is 2. The van der Waals surface area contributed by atoms with Crippen LogP contribution in [0.4, 0.5) is 4.39 Å². The standard InChI is InChI=1S/C9H10BrFO3/c1-4(12)7-8(10)5(11)3-6(14-2)9(7)13/h3-4,12-13H,1-2H3. The van der Waals surface area contributed by atoms with E-state index < -0.39 is 11.9 Å². The van der Waals surface area contributed by atoms with Gasteiger partial charge in [0.2, 0.25) is 0 Å². The molecule has 0 aliphatic rings. The van der Waals surface area contributed by atoms with Gasteiger partial charge in [-0.05, 0) is 22.9 Å². The van der Waals surface area contributed by atoms with Crippen LogP contribution in [-0.4, -0.2) is 17.3 Å². The number of rotatable bonds is 2. The predicted molar refractivity (Wildman–Crippen MR) is 53.0 cm³/mol. The number of benzene rings is 1. The van der Waals surface area contributed by atoms with Crippen molar-refractivity contribution in [1.82, 2.24) is 0 Å². The second-order valence-electron chi connectivity index (χ2n) is 2.81. The van der Waals surface area contributed by atoms with E-state index in [0.29, 0.717) is 0 Å². The molecular formula is C9H10BrFO3. The molecule has 0 radical (unpaired) electrons. The summed E-state index contributed by atoms with van der Waals surface area (Å²) in [5.74, 6) is -0.840. The maximum atomic E-state index is 13.2. The number of aromatic hydroxyl groups is 1. The lowest BCUT2D eigenvalue weighted by Crippen LogP contribution is -1.98. The molecule has 1 unspecified atom stereocenters. The zero-order valence-corrected chi connectivity index (χ0v) is 9.30. The molecule has 78 valence electrons. The van der Waals surface area contributed by atoms with Crippen LogP contribution in [0.3, 0.4) is 0 Å². The van der Waals surface area contributed by atoms with Gasteiger partial charge in [-0.2, -0.15) is 0 Å². The molecule has 1 atom stereocenters. The fraction of sp³-hybridized carbons (Fsp3) is 0.333. The van der Waals surface area contributed by atoms with Gasteiger partial charge in [0, 0.05) is 11.6 Å². The average molecular weight is 265 g/mol. The average Bonchev–Trinajstić information content (AvgIpc) is 2.11. The van der Waals surface area contributed by atoms with Gasteiger partial charge < -0.3 is 14.9 Å². The lowest BCUT2D eigenvalue weighted by Gasteiger charge is -2.13. The van der Waals surface area contributed by atoms with E-state index in [2.05, 4.69) is 15.9 Å². The highest BCUT2D eigenvalue weighted by molar-refractivity contribution is 9.10. The number of ether oxygens (including phenoxy) is 1. The molecule has 1 aromatic rings. The molecule has 5 heteroatoms. The Hall–Kier alpha value is -0.810. The van der Waals surface area contributed by atoms with E-state index in [1.807, 2.05) is 0 Å². The molecule has 0 spiro atoms. The minimum atomic E-state index is -0.978. The van der Waals surface area contributed by atoms with Crippen molar-refractivity contribution in [1.29, 1.82) is 0 Å². The van der Waals surface area contributed by atoms with Crippen LogP contribution < -0.4 is 4.74 Å². The van der Waals surface area contributed by atoms with Crippen LogP contribution in [0, 0.1) is 5.82 Å². The number of phenolic OH excluding ortho intramolecular Hbond substituents is 1. The molecule has 2 N–H and O–H groups in total.